The van der Waals surface area contributed by atoms with Crippen molar-refractivity contribution < 1.29 is 9.53 Å². The highest BCUT2D eigenvalue weighted by Crippen LogP contribution is 2.35. The molecule has 17 heavy (non-hydrogen) atoms. The minimum absolute atomic E-state index is 0.0713. The highest BCUT2D eigenvalue weighted by atomic mass is 16.5. The zero-order valence-corrected chi connectivity index (χ0v) is 10.7. The number of para-hydroxylation sites is 1. The fraction of sp³-hybridized carbons (Fsp3) is 0.500. The second-order valence-electron chi connectivity index (χ2n) is 4.32. The monoisotopic (exact) mass is 233 g/mol. The van der Waals surface area contributed by atoms with Gasteiger partial charge in [0.05, 0.1) is 13.7 Å². The van der Waals surface area contributed by atoms with Gasteiger partial charge in [-0.05, 0) is 24.0 Å². The number of esters is 1. The van der Waals surface area contributed by atoms with Crippen molar-refractivity contribution in [3.05, 3.63) is 29.3 Å². The summed E-state index contributed by atoms with van der Waals surface area (Å²) >= 11 is 0. The molecule has 1 saturated heterocycles. The summed E-state index contributed by atoms with van der Waals surface area (Å²) in [6, 6.07) is 6.30. The topological polar surface area (TPSA) is 29.3 Å². The number of ether oxygens (including phenoxy) is 1. The maximum atomic E-state index is 11.5. The first kappa shape index (κ1) is 12.0. The van der Waals surface area contributed by atoms with Gasteiger partial charge in [-0.1, -0.05) is 32.0 Å². The lowest BCUT2D eigenvalue weighted by Gasteiger charge is -2.15. The van der Waals surface area contributed by atoms with Crippen molar-refractivity contribution in [3.8, 4) is 0 Å². The zero-order valence-electron chi connectivity index (χ0n) is 10.7. The average molecular weight is 233 g/mol. The van der Waals surface area contributed by atoms with Crippen molar-refractivity contribution in [1.29, 1.82) is 0 Å². The number of hydrogen-bond acceptors (Lipinski definition) is 3. The van der Waals surface area contributed by atoms with Crippen LogP contribution in [0.5, 0.6) is 0 Å². The molecule has 1 aliphatic heterocycles. The molecule has 1 fully saturated rings. The van der Waals surface area contributed by atoms with E-state index in [1.54, 1.807) is 0 Å². The van der Waals surface area contributed by atoms with E-state index < -0.39 is 0 Å². The Hall–Kier alpha value is -1.51. The van der Waals surface area contributed by atoms with Gasteiger partial charge in [-0.15, -0.1) is 0 Å². The van der Waals surface area contributed by atoms with Crippen LogP contribution in [0.2, 0.25) is 0 Å². The molecule has 1 heterocycles. The molecule has 1 aliphatic rings. The van der Waals surface area contributed by atoms with E-state index in [0.29, 0.717) is 0 Å². The molecule has 0 spiro atoms. The van der Waals surface area contributed by atoms with Crippen LogP contribution >= 0.6 is 0 Å². The van der Waals surface area contributed by atoms with Gasteiger partial charge in [0.2, 0.25) is 0 Å². The molecule has 1 aromatic carbocycles. The third-order valence-corrected chi connectivity index (χ3v) is 3.34. The molecule has 1 unspecified atom stereocenters. The summed E-state index contributed by atoms with van der Waals surface area (Å²) in [4.78, 5) is 13.6. The van der Waals surface area contributed by atoms with Gasteiger partial charge in [0.25, 0.3) is 0 Å². The van der Waals surface area contributed by atoms with Crippen LogP contribution in [0.25, 0.3) is 0 Å². The number of rotatable bonds is 4. The highest BCUT2D eigenvalue weighted by Gasteiger charge is 2.43. The SMILES string of the molecule is CCc1cccc(CC)c1N1CC1C(=O)OC. The Kier molecular flexibility index (Phi) is 3.36. The predicted molar refractivity (Wildman–Crippen MR) is 68.3 cm³/mol. The molecule has 0 aromatic heterocycles. The Morgan fingerprint density at radius 1 is 1.35 bits per heavy atom. The van der Waals surface area contributed by atoms with Crippen LogP contribution in [-0.2, 0) is 22.4 Å². The van der Waals surface area contributed by atoms with Crippen molar-refractivity contribution in [2.75, 3.05) is 18.6 Å². The summed E-state index contributed by atoms with van der Waals surface area (Å²) in [5.74, 6) is -0.127. The second kappa shape index (κ2) is 4.78. The molecule has 3 heteroatoms. The Balaban J connectivity index is 2.29. The van der Waals surface area contributed by atoms with Crippen molar-refractivity contribution in [3.63, 3.8) is 0 Å². The first-order valence-corrected chi connectivity index (χ1v) is 6.18. The molecule has 3 nitrogen and oxygen atoms in total. The first-order valence-electron chi connectivity index (χ1n) is 6.18. The lowest BCUT2D eigenvalue weighted by atomic mass is 10.0. The third-order valence-electron chi connectivity index (χ3n) is 3.34. The van der Waals surface area contributed by atoms with E-state index >= 15 is 0 Å². The van der Waals surface area contributed by atoms with Crippen LogP contribution < -0.4 is 4.90 Å². The number of carbonyl (C=O) groups is 1. The van der Waals surface area contributed by atoms with Gasteiger partial charge in [-0.25, -0.2) is 4.79 Å². The Labute approximate surface area is 102 Å². The number of carbonyl (C=O) groups excluding carboxylic acids is 1. The van der Waals surface area contributed by atoms with Gasteiger partial charge in [0.15, 0.2) is 0 Å². The van der Waals surface area contributed by atoms with Gasteiger partial charge in [-0.2, -0.15) is 0 Å². The van der Waals surface area contributed by atoms with E-state index in [2.05, 4.69) is 36.9 Å². The standard InChI is InChI=1S/C14H19NO2/c1-4-10-7-6-8-11(5-2)13(10)15-9-12(15)14(16)17-3/h6-8,12H,4-5,9H2,1-3H3. The number of benzene rings is 1. The van der Waals surface area contributed by atoms with E-state index in [1.807, 2.05) is 0 Å². The lowest BCUT2D eigenvalue weighted by molar-refractivity contribution is -0.139. The fourth-order valence-corrected chi connectivity index (χ4v) is 2.31. The van der Waals surface area contributed by atoms with Crippen LogP contribution in [0.3, 0.4) is 0 Å². The molecule has 0 N–H and O–H groups in total. The molecule has 2 rings (SSSR count). The molecule has 1 atom stereocenters. The summed E-state index contributed by atoms with van der Waals surface area (Å²) in [6.07, 6.45) is 1.99. The van der Waals surface area contributed by atoms with Crippen LogP contribution in [-0.4, -0.2) is 25.7 Å². The summed E-state index contributed by atoms with van der Waals surface area (Å²) in [6.45, 7) is 5.08. The molecule has 0 amide bonds. The van der Waals surface area contributed by atoms with Crippen molar-refractivity contribution >= 4 is 11.7 Å². The van der Waals surface area contributed by atoms with Crippen LogP contribution in [0.1, 0.15) is 25.0 Å². The number of nitrogens with zero attached hydrogens (tertiary/aromatic N) is 1. The minimum Gasteiger partial charge on any atom is -0.467 e. The molecule has 92 valence electrons. The maximum Gasteiger partial charge on any atom is 0.330 e. The first-order chi connectivity index (χ1) is 8.22. The number of methoxy groups -OCH3 is 1. The molecule has 0 bridgehead atoms. The smallest absolute Gasteiger partial charge is 0.330 e. The number of anilines is 1. The van der Waals surface area contributed by atoms with Crippen molar-refractivity contribution in [2.45, 2.75) is 32.7 Å². The van der Waals surface area contributed by atoms with Gasteiger partial charge < -0.3 is 9.64 Å². The van der Waals surface area contributed by atoms with Gasteiger partial charge in [0.1, 0.15) is 6.04 Å². The van der Waals surface area contributed by atoms with Crippen molar-refractivity contribution in [2.24, 2.45) is 0 Å². The van der Waals surface area contributed by atoms with Crippen LogP contribution in [0, 0.1) is 0 Å². The average Bonchev–Trinajstić information content (AvgIpc) is 3.16. The Bertz CT molecular complexity index is 406. The molecular formula is C14H19NO2. The maximum absolute atomic E-state index is 11.5. The summed E-state index contributed by atoms with van der Waals surface area (Å²) < 4.78 is 4.79. The predicted octanol–water partition coefficient (Wildman–Crippen LogP) is 2.17. The summed E-state index contributed by atoms with van der Waals surface area (Å²) in [5.41, 5.74) is 3.87. The minimum atomic E-state index is -0.127. The van der Waals surface area contributed by atoms with E-state index in [1.165, 1.54) is 23.9 Å². The van der Waals surface area contributed by atoms with Crippen molar-refractivity contribution in [1.82, 2.24) is 0 Å². The number of hydrogen-bond donors (Lipinski definition) is 0. The van der Waals surface area contributed by atoms with E-state index in [4.69, 9.17) is 4.74 Å². The van der Waals surface area contributed by atoms with Crippen LogP contribution in [0.4, 0.5) is 5.69 Å². The van der Waals surface area contributed by atoms with Crippen LogP contribution in [0.15, 0.2) is 18.2 Å². The van der Waals surface area contributed by atoms with E-state index in [9.17, 15) is 4.79 Å². The fourth-order valence-electron chi connectivity index (χ4n) is 2.31. The van der Waals surface area contributed by atoms with Gasteiger partial charge in [-0.3, -0.25) is 0 Å². The highest BCUT2D eigenvalue weighted by molar-refractivity contribution is 5.87. The Morgan fingerprint density at radius 2 is 1.94 bits per heavy atom. The number of aryl methyl sites for hydroxylation is 2. The summed E-state index contributed by atoms with van der Waals surface area (Å²) in [5, 5.41) is 0. The molecule has 0 saturated carbocycles. The van der Waals surface area contributed by atoms with Gasteiger partial charge in [0, 0.05) is 5.69 Å². The molecule has 0 radical (unpaired) electrons. The molecule has 1 aromatic rings. The zero-order chi connectivity index (χ0) is 12.4. The lowest BCUT2D eigenvalue weighted by Crippen LogP contribution is -2.15. The van der Waals surface area contributed by atoms with E-state index in [-0.39, 0.29) is 12.0 Å². The molecular weight excluding hydrogens is 214 g/mol. The third kappa shape index (κ3) is 2.14. The van der Waals surface area contributed by atoms with Gasteiger partial charge >= 0.3 is 5.97 Å². The summed E-state index contributed by atoms with van der Waals surface area (Å²) in [7, 11) is 1.45. The Morgan fingerprint density at radius 3 is 2.41 bits per heavy atom. The van der Waals surface area contributed by atoms with E-state index in [0.717, 1.165) is 19.4 Å². The normalized spacial score (nSPS) is 18.1. The molecule has 0 aliphatic carbocycles. The largest absolute Gasteiger partial charge is 0.467 e. The quantitative estimate of drug-likeness (QED) is 0.589. The second-order valence-corrected chi connectivity index (χ2v) is 4.32.